The van der Waals surface area contributed by atoms with Crippen molar-refractivity contribution >= 4 is 45.8 Å². The van der Waals surface area contributed by atoms with E-state index in [4.69, 9.17) is 37.6 Å². The highest BCUT2D eigenvalue weighted by Crippen LogP contribution is 2.68. The number of benzene rings is 2. The van der Waals surface area contributed by atoms with Gasteiger partial charge in [-0.15, -0.1) is 0 Å². The minimum Gasteiger partial charge on any atom is -0.497 e. The fourth-order valence-corrected chi connectivity index (χ4v) is 9.92. The van der Waals surface area contributed by atoms with Gasteiger partial charge in [0.1, 0.15) is 33.8 Å². The summed E-state index contributed by atoms with van der Waals surface area (Å²) in [6.45, 7) is 15.9. The molecule has 0 unspecified atom stereocenters. The Balaban J connectivity index is 1.35. The van der Waals surface area contributed by atoms with Crippen LogP contribution in [0.1, 0.15) is 98.3 Å². The second-order valence-corrected chi connectivity index (χ2v) is 17.6. The number of ether oxygens (including phenoxy) is 7. The summed E-state index contributed by atoms with van der Waals surface area (Å²) in [5.74, 6) is -1.93. The van der Waals surface area contributed by atoms with Gasteiger partial charge in [0.25, 0.3) is 0 Å². The monoisotopic (exact) mass is 746 g/mol. The summed E-state index contributed by atoms with van der Waals surface area (Å²) in [6, 6.07) is 4.81. The summed E-state index contributed by atoms with van der Waals surface area (Å²) in [6.07, 6.45) is -1.64. The molecule has 4 heterocycles. The maximum absolute atomic E-state index is 14.8. The number of hydrogen-bond acceptors (Lipinski definition) is 13. The maximum atomic E-state index is 14.8. The lowest BCUT2D eigenvalue weighted by Gasteiger charge is -2.46. The molecule has 4 fully saturated rings. The van der Waals surface area contributed by atoms with Crippen LogP contribution in [0.2, 0.25) is 0 Å². The Labute approximate surface area is 311 Å². The number of esters is 4. The quantitative estimate of drug-likeness (QED) is 0.160. The summed E-state index contributed by atoms with van der Waals surface area (Å²) < 4.78 is 49.1. The molecule has 0 amide bonds. The molecule has 13 heteroatoms. The van der Waals surface area contributed by atoms with E-state index in [0.29, 0.717) is 24.2 Å². The Morgan fingerprint density at radius 2 is 1.26 bits per heavy atom. The zero-order valence-electron chi connectivity index (χ0n) is 32.5. The van der Waals surface area contributed by atoms with Crippen LogP contribution in [0, 0.1) is 28.6 Å². The third-order valence-corrected chi connectivity index (χ3v) is 14.6. The number of rotatable bonds is 6. The van der Waals surface area contributed by atoms with Crippen molar-refractivity contribution < 1.29 is 56.8 Å². The van der Waals surface area contributed by atoms with E-state index < -0.39 is 80.0 Å². The number of carbonyl (C=O) groups excluding carboxylic acids is 4. The fourth-order valence-electron chi connectivity index (χ4n) is 9.92. The van der Waals surface area contributed by atoms with Gasteiger partial charge in [-0.2, -0.15) is 0 Å². The first-order valence-corrected chi connectivity index (χ1v) is 18.3. The van der Waals surface area contributed by atoms with Gasteiger partial charge in [-0.25, -0.2) is 9.59 Å². The van der Waals surface area contributed by atoms with Crippen LogP contribution in [0.15, 0.2) is 27.4 Å². The lowest BCUT2D eigenvalue weighted by molar-refractivity contribution is -0.217. The van der Waals surface area contributed by atoms with Crippen LogP contribution in [-0.2, 0) is 38.1 Å². The molecule has 288 valence electrons. The highest BCUT2D eigenvalue weighted by atomic mass is 16.7. The molecular weight excluding hydrogens is 700 g/mol. The van der Waals surface area contributed by atoms with Crippen LogP contribution in [0.3, 0.4) is 0 Å². The number of fused-ring (bicyclic) bond motifs is 8. The average Bonchev–Trinajstić information content (AvgIpc) is 3.56. The Morgan fingerprint density at radius 1 is 0.704 bits per heavy atom. The predicted octanol–water partition coefficient (Wildman–Crippen LogP) is 6.18. The van der Waals surface area contributed by atoms with E-state index in [1.54, 1.807) is 60.6 Å². The van der Waals surface area contributed by atoms with Crippen LogP contribution in [0.5, 0.6) is 17.2 Å². The lowest BCUT2D eigenvalue weighted by Crippen LogP contribution is -2.57. The molecule has 13 nitrogen and oxygen atoms in total. The zero-order valence-corrected chi connectivity index (χ0v) is 32.5. The smallest absolute Gasteiger partial charge is 0.351 e. The van der Waals surface area contributed by atoms with E-state index in [9.17, 15) is 24.0 Å². The van der Waals surface area contributed by atoms with E-state index in [1.807, 2.05) is 13.8 Å². The van der Waals surface area contributed by atoms with E-state index in [1.165, 1.54) is 20.3 Å². The third-order valence-electron chi connectivity index (χ3n) is 14.6. The summed E-state index contributed by atoms with van der Waals surface area (Å²) in [5, 5.41) is 0.328. The van der Waals surface area contributed by atoms with Crippen LogP contribution < -0.4 is 19.6 Å². The van der Waals surface area contributed by atoms with E-state index in [-0.39, 0.29) is 51.8 Å². The highest BCUT2D eigenvalue weighted by Gasteiger charge is 2.78. The van der Waals surface area contributed by atoms with Gasteiger partial charge in [-0.3, -0.25) is 14.4 Å². The summed E-state index contributed by atoms with van der Waals surface area (Å²) in [5.41, 5.74) is -8.05. The van der Waals surface area contributed by atoms with Crippen molar-refractivity contribution in [2.45, 2.75) is 117 Å². The van der Waals surface area contributed by atoms with Crippen molar-refractivity contribution in [3.63, 3.8) is 0 Å². The average molecular weight is 747 g/mol. The molecule has 2 aliphatic carbocycles. The molecular formula is C41H46O13. The molecule has 0 spiro atoms. The molecule has 4 bridgehead atoms. The molecule has 8 rings (SSSR count). The van der Waals surface area contributed by atoms with E-state index in [2.05, 4.69) is 0 Å². The molecule has 0 radical (unpaired) electrons. The fraction of sp³-hybridized carbons (Fsp3) is 0.585. The molecule has 0 N–H and O–H groups in total. The maximum Gasteiger partial charge on any atom is 0.351 e. The molecule has 2 saturated heterocycles. The van der Waals surface area contributed by atoms with Gasteiger partial charge in [0, 0.05) is 23.0 Å². The van der Waals surface area contributed by atoms with Gasteiger partial charge in [0.05, 0.1) is 36.0 Å². The highest BCUT2D eigenvalue weighted by molar-refractivity contribution is 5.99. The molecule has 3 aliphatic heterocycles. The first-order valence-electron chi connectivity index (χ1n) is 18.3. The van der Waals surface area contributed by atoms with Crippen LogP contribution >= 0.6 is 0 Å². The van der Waals surface area contributed by atoms with Crippen molar-refractivity contribution in [3.05, 3.63) is 39.5 Å². The van der Waals surface area contributed by atoms with E-state index >= 15 is 0 Å². The topological polar surface area (TPSA) is 163 Å². The number of methoxy groups -OCH3 is 2. The van der Waals surface area contributed by atoms with Crippen molar-refractivity contribution in [3.8, 4) is 17.2 Å². The number of aryl methyl sites for hydroxylation is 1. The largest absolute Gasteiger partial charge is 0.497 e. The van der Waals surface area contributed by atoms with Crippen LogP contribution in [0.4, 0.5) is 0 Å². The standard InChI is InChI=1S/C41H46O13/c1-19-16-20(47-10)17-22-24(19)27(42)25-21(48-11)18-23-26(28(25)49-22)29(50-33(45)40-14-12-38(8,31(43)53-40)36(40,4)5)30(35(2,3)52-23)51-34(46)41-15-13-39(9,32(44)54-41)37(41,6)7/h16-18,29-30H,12-15H2,1-11H3/t29-,30-,38+,39+,40-,41-/m1/s1. The van der Waals surface area contributed by atoms with Crippen molar-refractivity contribution in [1.82, 2.24) is 0 Å². The van der Waals surface area contributed by atoms with Gasteiger partial charge in [0.15, 0.2) is 17.8 Å². The second kappa shape index (κ2) is 10.7. The molecule has 2 aromatic carbocycles. The van der Waals surface area contributed by atoms with Gasteiger partial charge >= 0.3 is 23.9 Å². The van der Waals surface area contributed by atoms with Crippen LogP contribution in [0.25, 0.3) is 21.9 Å². The minimum absolute atomic E-state index is 0.0282. The molecule has 5 aliphatic rings. The summed E-state index contributed by atoms with van der Waals surface area (Å²) >= 11 is 0. The van der Waals surface area contributed by atoms with Crippen LogP contribution in [-0.4, -0.2) is 61.0 Å². The van der Waals surface area contributed by atoms with Gasteiger partial charge in [-0.1, -0.05) is 27.7 Å². The Morgan fingerprint density at radius 3 is 1.74 bits per heavy atom. The van der Waals surface area contributed by atoms with E-state index in [0.717, 1.165) is 0 Å². The first-order chi connectivity index (χ1) is 25.1. The molecule has 1 aromatic heterocycles. The SMILES string of the molecule is COc1cc(C)c2c(=O)c3c(OC)cc4c(c3oc2c1)[C@@H](OC(=O)[C@@]12CC[C@@](C)(C(=O)O1)C2(C)C)[C@@H](OC(=O)[C@@]12CC[C@@](C)(C(=O)O1)C2(C)C)C(C)(C)O4. The molecule has 54 heavy (non-hydrogen) atoms. The van der Waals surface area contributed by atoms with Crippen molar-refractivity contribution in [1.29, 1.82) is 0 Å². The van der Waals surface area contributed by atoms with Gasteiger partial charge in [-0.05, 0) is 71.9 Å². The molecule has 3 aromatic rings. The second-order valence-electron chi connectivity index (χ2n) is 17.6. The first kappa shape index (κ1) is 36.2. The summed E-state index contributed by atoms with van der Waals surface area (Å²) in [7, 11) is 2.91. The normalized spacial score (nSPS) is 33.5. The summed E-state index contributed by atoms with van der Waals surface area (Å²) in [4.78, 5) is 70.3. The number of carbonyl (C=O) groups is 4. The molecule has 6 atom stereocenters. The Hall–Kier alpha value is -4.81. The number of hydrogen-bond donors (Lipinski definition) is 0. The van der Waals surface area contributed by atoms with Crippen molar-refractivity contribution in [2.24, 2.45) is 21.7 Å². The Kier molecular flexibility index (Phi) is 7.16. The Bertz CT molecular complexity index is 2300. The lowest BCUT2D eigenvalue weighted by atomic mass is 9.66. The van der Waals surface area contributed by atoms with Crippen molar-refractivity contribution in [2.75, 3.05) is 14.2 Å². The van der Waals surface area contributed by atoms with Gasteiger partial charge < -0.3 is 37.6 Å². The zero-order chi connectivity index (χ0) is 39.3. The molecule has 2 saturated carbocycles. The predicted molar refractivity (Wildman–Crippen MR) is 191 cm³/mol. The third kappa shape index (κ3) is 4.02. The minimum atomic E-state index is -1.66. The van der Waals surface area contributed by atoms with Gasteiger partial charge in [0.2, 0.25) is 16.6 Å².